The van der Waals surface area contributed by atoms with E-state index in [4.69, 9.17) is 10.2 Å². The van der Waals surface area contributed by atoms with Gasteiger partial charge in [0.2, 0.25) is 0 Å². The normalized spacial score (nSPS) is 10.9. The summed E-state index contributed by atoms with van der Waals surface area (Å²) in [7, 11) is 0. The van der Waals surface area contributed by atoms with Crippen LogP contribution in [0.3, 0.4) is 0 Å². The summed E-state index contributed by atoms with van der Waals surface area (Å²) in [5, 5.41) is 19.2. The van der Waals surface area contributed by atoms with Crippen molar-refractivity contribution in [3.05, 3.63) is 48.0 Å². The number of hydrogen-bond donors (Lipinski definition) is 2. The summed E-state index contributed by atoms with van der Waals surface area (Å²) < 4.78 is 0. The molecule has 0 heterocycles. The molecule has 0 aliphatic rings. The van der Waals surface area contributed by atoms with E-state index in [1.54, 1.807) is 12.1 Å². The van der Waals surface area contributed by atoms with Gasteiger partial charge < -0.3 is 10.2 Å². The van der Waals surface area contributed by atoms with E-state index in [0.29, 0.717) is 5.56 Å². The van der Waals surface area contributed by atoms with Crippen LogP contribution in [0.1, 0.15) is 49.9 Å². The molecular formula is C19H24O4Pb. The number of carboxylic acid groups (broad SMARTS) is 2. The van der Waals surface area contributed by atoms with Gasteiger partial charge in [-0.05, 0) is 29.7 Å². The molecule has 5 heteroatoms. The number of rotatable bonds is 6. The van der Waals surface area contributed by atoms with Gasteiger partial charge in [0.25, 0.3) is 0 Å². The van der Waals surface area contributed by atoms with Crippen molar-refractivity contribution in [2.24, 2.45) is 5.92 Å². The Hall–Kier alpha value is -1.44. The van der Waals surface area contributed by atoms with E-state index in [1.165, 1.54) is 0 Å². The maximum Gasteiger partial charge on any atom is 0.336 e. The summed E-state index contributed by atoms with van der Waals surface area (Å²) in [4.78, 5) is 21.3. The van der Waals surface area contributed by atoms with Crippen molar-refractivity contribution in [2.75, 3.05) is 0 Å². The molecule has 0 fully saturated rings. The molecule has 0 bridgehead atoms. The van der Waals surface area contributed by atoms with Crippen molar-refractivity contribution >= 4 is 50.0 Å². The van der Waals surface area contributed by atoms with Crippen molar-refractivity contribution in [1.82, 2.24) is 0 Å². The molecule has 4 radical (unpaired) electrons. The largest absolute Gasteiger partial charge is 0.481 e. The first-order valence-corrected chi connectivity index (χ1v) is 7.95. The van der Waals surface area contributed by atoms with E-state index in [9.17, 15) is 9.59 Å². The quantitative estimate of drug-likeness (QED) is 0.549. The van der Waals surface area contributed by atoms with Gasteiger partial charge in [0.1, 0.15) is 0 Å². The SMILES string of the molecule is CCCCC(CC)C(=O)O.O=C(O)c1cccc2ccccc12.[Pb]. The maximum atomic E-state index is 10.8. The van der Waals surface area contributed by atoms with Gasteiger partial charge in [-0.25, -0.2) is 4.79 Å². The monoisotopic (exact) mass is 524 g/mol. The van der Waals surface area contributed by atoms with Crippen molar-refractivity contribution in [3.8, 4) is 0 Å². The standard InChI is InChI=1S/C11H8O2.C8H16O2.Pb/c12-11(13)10-7-3-5-8-4-1-2-6-9(8)10;1-3-5-6-7(4-2)8(9)10;/h1-7H,(H,12,13);7H,3-6H2,1-2H3,(H,9,10);. The van der Waals surface area contributed by atoms with E-state index >= 15 is 0 Å². The van der Waals surface area contributed by atoms with Crippen LogP contribution in [0.4, 0.5) is 0 Å². The van der Waals surface area contributed by atoms with Crippen LogP contribution in [0.5, 0.6) is 0 Å². The summed E-state index contributed by atoms with van der Waals surface area (Å²) in [6.45, 7) is 4.00. The van der Waals surface area contributed by atoms with Gasteiger partial charge in [-0.2, -0.15) is 0 Å². The number of carbonyl (C=O) groups is 2. The Bertz CT molecular complexity index is 649. The van der Waals surface area contributed by atoms with Crippen molar-refractivity contribution in [2.45, 2.75) is 39.5 Å². The first-order valence-electron chi connectivity index (χ1n) is 7.95. The minimum Gasteiger partial charge on any atom is -0.481 e. The predicted molar refractivity (Wildman–Crippen MR) is 97.6 cm³/mol. The number of aliphatic carboxylic acids is 1. The van der Waals surface area contributed by atoms with Crippen LogP contribution in [0.15, 0.2) is 42.5 Å². The van der Waals surface area contributed by atoms with Crippen LogP contribution < -0.4 is 0 Å². The third-order valence-electron chi connectivity index (χ3n) is 3.77. The molecule has 0 saturated carbocycles. The van der Waals surface area contributed by atoms with Crippen LogP contribution in [0.2, 0.25) is 0 Å². The van der Waals surface area contributed by atoms with Gasteiger partial charge in [0.05, 0.1) is 11.5 Å². The molecule has 1 unspecified atom stereocenters. The summed E-state index contributed by atoms with van der Waals surface area (Å²) in [5.41, 5.74) is 0.359. The maximum absolute atomic E-state index is 10.8. The van der Waals surface area contributed by atoms with Gasteiger partial charge in [-0.3, -0.25) is 4.79 Å². The second-order valence-electron chi connectivity index (χ2n) is 5.42. The molecule has 128 valence electrons. The van der Waals surface area contributed by atoms with Gasteiger partial charge in [0, 0.05) is 27.3 Å². The number of benzene rings is 2. The van der Waals surface area contributed by atoms with E-state index in [-0.39, 0.29) is 33.2 Å². The molecule has 2 aromatic carbocycles. The fraction of sp³-hybridized carbons (Fsp3) is 0.368. The number of unbranched alkanes of at least 4 members (excludes halogenated alkanes) is 1. The molecule has 2 rings (SSSR count). The van der Waals surface area contributed by atoms with Crippen molar-refractivity contribution in [3.63, 3.8) is 0 Å². The number of carboxylic acids is 2. The van der Waals surface area contributed by atoms with Crippen LogP contribution in [0.25, 0.3) is 10.8 Å². The van der Waals surface area contributed by atoms with Gasteiger partial charge >= 0.3 is 11.9 Å². The molecular weight excluding hydrogens is 499 g/mol. The minimum absolute atomic E-state index is 0. The molecule has 0 aromatic heterocycles. The zero-order chi connectivity index (χ0) is 17.2. The molecule has 4 nitrogen and oxygen atoms in total. The number of hydrogen-bond acceptors (Lipinski definition) is 2. The summed E-state index contributed by atoms with van der Waals surface area (Å²) in [5.74, 6) is -1.63. The van der Waals surface area contributed by atoms with Gasteiger partial charge in [-0.15, -0.1) is 0 Å². The average molecular weight is 524 g/mol. The van der Waals surface area contributed by atoms with E-state index in [0.717, 1.165) is 36.5 Å². The number of aromatic carboxylic acids is 1. The Morgan fingerprint density at radius 2 is 1.62 bits per heavy atom. The van der Waals surface area contributed by atoms with E-state index in [1.807, 2.05) is 37.3 Å². The Kier molecular flexibility index (Phi) is 11.3. The molecule has 2 N–H and O–H groups in total. The molecule has 1 atom stereocenters. The van der Waals surface area contributed by atoms with Crippen LogP contribution in [0, 0.1) is 5.92 Å². The smallest absolute Gasteiger partial charge is 0.336 e. The summed E-state index contributed by atoms with van der Waals surface area (Å²) >= 11 is 0. The second kappa shape index (κ2) is 12.0. The summed E-state index contributed by atoms with van der Waals surface area (Å²) in [6, 6.07) is 12.7. The van der Waals surface area contributed by atoms with E-state index < -0.39 is 11.9 Å². The van der Waals surface area contributed by atoms with Gasteiger partial charge in [0.15, 0.2) is 0 Å². The Balaban J connectivity index is 0.000000441. The Labute approximate surface area is 163 Å². The van der Waals surface area contributed by atoms with Gasteiger partial charge in [-0.1, -0.05) is 63.1 Å². The number of fused-ring (bicyclic) bond motifs is 1. The minimum atomic E-state index is -0.878. The molecule has 24 heavy (non-hydrogen) atoms. The summed E-state index contributed by atoms with van der Waals surface area (Å²) in [6.07, 6.45) is 3.71. The molecule has 0 saturated heterocycles. The Morgan fingerprint density at radius 1 is 1.00 bits per heavy atom. The fourth-order valence-corrected chi connectivity index (χ4v) is 2.36. The second-order valence-corrected chi connectivity index (χ2v) is 5.42. The molecule has 0 amide bonds. The van der Waals surface area contributed by atoms with Crippen molar-refractivity contribution in [1.29, 1.82) is 0 Å². The predicted octanol–water partition coefficient (Wildman–Crippen LogP) is 4.44. The average Bonchev–Trinajstić information content (AvgIpc) is 2.55. The molecule has 0 aliphatic carbocycles. The van der Waals surface area contributed by atoms with Crippen LogP contribution in [-0.4, -0.2) is 49.5 Å². The fourth-order valence-electron chi connectivity index (χ4n) is 2.36. The zero-order valence-electron chi connectivity index (χ0n) is 14.2. The molecule has 0 spiro atoms. The third-order valence-corrected chi connectivity index (χ3v) is 3.77. The van der Waals surface area contributed by atoms with Crippen LogP contribution >= 0.6 is 0 Å². The third kappa shape index (κ3) is 6.99. The first kappa shape index (κ1) is 22.6. The topological polar surface area (TPSA) is 74.6 Å². The zero-order valence-corrected chi connectivity index (χ0v) is 18.0. The molecule has 2 aromatic rings. The molecule has 0 aliphatic heterocycles. The van der Waals surface area contributed by atoms with Crippen molar-refractivity contribution < 1.29 is 19.8 Å². The van der Waals surface area contributed by atoms with Crippen LogP contribution in [-0.2, 0) is 4.79 Å². The first-order chi connectivity index (χ1) is 11.0. The Morgan fingerprint density at radius 3 is 2.17 bits per heavy atom. The van der Waals surface area contributed by atoms with E-state index in [2.05, 4.69) is 6.92 Å².